The van der Waals surface area contributed by atoms with E-state index in [0.717, 1.165) is 11.1 Å². The molecule has 3 aromatic rings. The van der Waals surface area contributed by atoms with Gasteiger partial charge in [0.05, 0.1) is 10.6 Å². The number of pyridine rings is 1. The summed E-state index contributed by atoms with van der Waals surface area (Å²) in [5.41, 5.74) is 5.94. The molecule has 0 fully saturated rings. The number of benzene rings is 2. The predicted octanol–water partition coefficient (Wildman–Crippen LogP) is 4.85. The van der Waals surface area contributed by atoms with Crippen LogP contribution < -0.4 is 5.32 Å². The quantitative estimate of drug-likeness (QED) is 0.459. The van der Waals surface area contributed by atoms with E-state index in [1.165, 1.54) is 23.4 Å². The van der Waals surface area contributed by atoms with Gasteiger partial charge in [-0.1, -0.05) is 54.6 Å². The van der Waals surface area contributed by atoms with Gasteiger partial charge >= 0.3 is 6.09 Å². The van der Waals surface area contributed by atoms with Crippen LogP contribution in [0, 0.1) is 17.0 Å². The molecular formula is C24H21N3O4. The number of hydrogen-bond acceptors (Lipinski definition) is 5. The molecule has 0 bridgehead atoms. The highest BCUT2D eigenvalue weighted by molar-refractivity contribution is 5.79. The van der Waals surface area contributed by atoms with Gasteiger partial charge in [0.25, 0.3) is 5.69 Å². The number of nitro groups is 1. The molecule has 0 saturated carbocycles. The summed E-state index contributed by atoms with van der Waals surface area (Å²) in [7, 11) is 0. The fraction of sp³-hybridized carbons (Fsp3) is 0.167. The van der Waals surface area contributed by atoms with E-state index in [2.05, 4.69) is 34.6 Å². The number of alkyl carbamates (subject to hydrolysis) is 1. The Morgan fingerprint density at radius 2 is 1.81 bits per heavy atom. The maximum absolute atomic E-state index is 12.2. The second-order valence-corrected chi connectivity index (χ2v) is 7.26. The summed E-state index contributed by atoms with van der Waals surface area (Å²) in [5.74, 6) is 0.0145. The Balaban J connectivity index is 1.32. The molecule has 1 N–H and O–H groups in total. The Labute approximate surface area is 179 Å². The normalized spacial score (nSPS) is 12.4. The van der Waals surface area contributed by atoms with Gasteiger partial charge in [0.1, 0.15) is 12.8 Å². The van der Waals surface area contributed by atoms with E-state index in [1.54, 1.807) is 19.1 Å². The summed E-state index contributed by atoms with van der Waals surface area (Å²) >= 11 is 0. The van der Waals surface area contributed by atoms with Gasteiger partial charge in [-0.25, -0.2) is 9.78 Å². The first-order valence-electron chi connectivity index (χ1n) is 9.91. The largest absolute Gasteiger partial charge is 0.449 e. The molecule has 2 aromatic carbocycles. The van der Waals surface area contributed by atoms with Crippen molar-refractivity contribution < 1.29 is 14.5 Å². The molecule has 1 heterocycles. The van der Waals surface area contributed by atoms with Crippen LogP contribution in [-0.4, -0.2) is 29.2 Å². The summed E-state index contributed by atoms with van der Waals surface area (Å²) in [4.78, 5) is 26.5. The van der Waals surface area contributed by atoms with E-state index in [9.17, 15) is 14.9 Å². The standard InChI is InChI=1S/C24H21N3O4/c1-16-13-17(27(29)30)14-26-23(16)11-6-12-25-24(28)31-15-22-20-9-4-2-7-18(20)19-8-3-5-10-21(19)22/h2-11,13-14,22H,12,15H2,1H3,(H,25,28). The van der Waals surface area contributed by atoms with Crippen LogP contribution in [0.4, 0.5) is 10.5 Å². The van der Waals surface area contributed by atoms with E-state index >= 15 is 0 Å². The lowest BCUT2D eigenvalue weighted by molar-refractivity contribution is -0.385. The molecule has 1 aromatic heterocycles. The lowest BCUT2D eigenvalue weighted by atomic mass is 9.98. The summed E-state index contributed by atoms with van der Waals surface area (Å²) in [6.45, 7) is 2.26. The summed E-state index contributed by atoms with van der Waals surface area (Å²) in [6.07, 6.45) is 4.15. The first kappa shape index (κ1) is 20.3. The lowest BCUT2D eigenvalue weighted by Gasteiger charge is -2.14. The SMILES string of the molecule is Cc1cc([N+](=O)[O-])cnc1C=CCNC(=O)OCC1c2ccccc2-c2ccccc21. The van der Waals surface area contributed by atoms with Gasteiger partial charge < -0.3 is 10.1 Å². The first-order valence-corrected chi connectivity index (χ1v) is 9.91. The molecule has 0 spiro atoms. The maximum Gasteiger partial charge on any atom is 0.407 e. The maximum atomic E-state index is 12.2. The van der Waals surface area contributed by atoms with Crippen LogP contribution in [0.1, 0.15) is 28.3 Å². The van der Waals surface area contributed by atoms with E-state index in [4.69, 9.17) is 4.74 Å². The highest BCUT2D eigenvalue weighted by Crippen LogP contribution is 2.44. The Morgan fingerprint density at radius 3 is 2.42 bits per heavy atom. The zero-order chi connectivity index (χ0) is 21.8. The van der Waals surface area contributed by atoms with E-state index in [0.29, 0.717) is 11.3 Å². The number of aryl methyl sites for hydroxylation is 1. The van der Waals surface area contributed by atoms with Crippen molar-refractivity contribution in [1.29, 1.82) is 0 Å². The Hall–Kier alpha value is -4.00. The van der Waals surface area contributed by atoms with E-state index in [-0.39, 0.29) is 24.8 Å². The Bertz CT molecular complexity index is 1130. The Kier molecular flexibility index (Phi) is 5.75. The third kappa shape index (κ3) is 4.30. The average molecular weight is 415 g/mol. The fourth-order valence-electron chi connectivity index (χ4n) is 3.81. The summed E-state index contributed by atoms with van der Waals surface area (Å²) < 4.78 is 5.48. The average Bonchev–Trinajstić information content (AvgIpc) is 3.10. The molecule has 1 aliphatic carbocycles. The molecule has 0 unspecified atom stereocenters. The fourth-order valence-corrected chi connectivity index (χ4v) is 3.81. The number of carbonyl (C=O) groups excluding carboxylic acids is 1. The van der Waals surface area contributed by atoms with Crippen molar-refractivity contribution in [1.82, 2.24) is 10.3 Å². The van der Waals surface area contributed by atoms with Crippen molar-refractivity contribution in [3.8, 4) is 11.1 Å². The molecule has 31 heavy (non-hydrogen) atoms. The van der Waals surface area contributed by atoms with Crippen molar-refractivity contribution in [2.75, 3.05) is 13.2 Å². The van der Waals surface area contributed by atoms with Gasteiger partial charge in [0, 0.05) is 18.5 Å². The highest BCUT2D eigenvalue weighted by Gasteiger charge is 2.28. The van der Waals surface area contributed by atoms with E-state index < -0.39 is 11.0 Å². The predicted molar refractivity (Wildman–Crippen MR) is 118 cm³/mol. The molecule has 7 heteroatoms. The number of ether oxygens (including phenoxy) is 1. The van der Waals surface area contributed by atoms with Crippen molar-refractivity contribution in [3.05, 3.63) is 99.4 Å². The second kappa shape index (κ2) is 8.79. The minimum absolute atomic E-state index is 0.0145. The zero-order valence-corrected chi connectivity index (χ0v) is 16.9. The topological polar surface area (TPSA) is 94.4 Å². The minimum Gasteiger partial charge on any atom is -0.449 e. The molecular weight excluding hydrogens is 394 g/mol. The van der Waals surface area contributed by atoms with Gasteiger partial charge in [-0.2, -0.15) is 0 Å². The summed E-state index contributed by atoms with van der Waals surface area (Å²) in [5, 5.41) is 13.5. The number of nitrogens with one attached hydrogen (secondary N) is 1. The van der Waals surface area contributed by atoms with Crippen LogP contribution in [0.3, 0.4) is 0 Å². The number of fused-ring (bicyclic) bond motifs is 3. The third-order valence-corrected chi connectivity index (χ3v) is 5.30. The van der Waals surface area contributed by atoms with Gasteiger partial charge in [-0.15, -0.1) is 0 Å². The number of carbonyl (C=O) groups is 1. The number of nitrogens with zero attached hydrogens (tertiary/aromatic N) is 2. The van der Waals surface area contributed by atoms with Crippen LogP contribution in [0.5, 0.6) is 0 Å². The van der Waals surface area contributed by atoms with Gasteiger partial charge in [0.2, 0.25) is 0 Å². The van der Waals surface area contributed by atoms with E-state index in [1.807, 2.05) is 24.3 Å². The second-order valence-electron chi connectivity index (χ2n) is 7.26. The lowest BCUT2D eigenvalue weighted by Crippen LogP contribution is -2.26. The van der Waals surface area contributed by atoms with Crippen LogP contribution in [0.25, 0.3) is 17.2 Å². The van der Waals surface area contributed by atoms with Crippen molar-refractivity contribution >= 4 is 17.9 Å². The van der Waals surface area contributed by atoms with Crippen molar-refractivity contribution in [3.63, 3.8) is 0 Å². The molecule has 1 aliphatic rings. The smallest absolute Gasteiger partial charge is 0.407 e. The number of rotatable bonds is 6. The van der Waals surface area contributed by atoms with Gasteiger partial charge in [-0.05, 0) is 40.8 Å². The number of aromatic nitrogens is 1. The van der Waals surface area contributed by atoms with Crippen LogP contribution in [-0.2, 0) is 4.74 Å². The Morgan fingerprint density at radius 1 is 1.16 bits per heavy atom. The molecule has 156 valence electrons. The van der Waals surface area contributed by atoms with Crippen molar-refractivity contribution in [2.24, 2.45) is 0 Å². The molecule has 0 radical (unpaired) electrons. The monoisotopic (exact) mass is 415 g/mol. The molecule has 4 rings (SSSR count). The number of hydrogen-bond donors (Lipinski definition) is 1. The van der Waals surface area contributed by atoms with Crippen LogP contribution in [0.2, 0.25) is 0 Å². The molecule has 1 amide bonds. The van der Waals surface area contributed by atoms with Crippen LogP contribution >= 0.6 is 0 Å². The third-order valence-electron chi connectivity index (χ3n) is 5.30. The highest BCUT2D eigenvalue weighted by atomic mass is 16.6. The molecule has 0 saturated heterocycles. The molecule has 0 aliphatic heterocycles. The zero-order valence-electron chi connectivity index (χ0n) is 16.9. The summed E-state index contributed by atoms with van der Waals surface area (Å²) in [6, 6.07) is 17.8. The van der Waals surface area contributed by atoms with Gasteiger partial charge in [0.15, 0.2) is 0 Å². The van der Waals surface area contributed by atoms with Crippen molar-refractivity contribution in [2.45, 2.75) is 12.8 Å². The van der Waals surface area contributed by atoms with Crippen LogP contribution in [0.15, 0.2) is 66.9 Å². The first-order chi connectivity index (χ1) is 15.0. The molecule has 7 nitrogen and oxygen atoms in total. The number of amides is 1. The minimum atomic E-state index is -0.500. The van der Waals surface area contributed by atoms with Gasteiger partial charge in [-0.3, -0.25) is 10.1 Å². The molecule has 0 atom stereocenters.